The number of hydrogen-bond donors (Lipinski definition) is 1. The van der Waals surface area contributed by atoms with Crippen molar-refractivity contribution in [1.29, 1.82) is 0 Å². The first-order chi connectivity index (χ1) is 15.9. The van der Waals surface area contributed by atoms with Crippen LogP contribution in [0.3, 0.4) is 0 Å². The van der Waals surface area contributed by atoms with Gasteiger partial charge in [0.2, 0.25) is 5.91 Å². The molecule has 0 unspecified atom stereocenters. The number of fused-ring (bicyclic) bond motifs is 1. The van der Waals surface area contributed by atoms with E-state index in [0.29, 0.717) is 44.0 Å². The molecule has 0 saturated carbocycles. The molecule has 0 aromatic heterocycles. The topological polar surface area (TPSA) is 106 Å². The third kappa shape index (κ3) is 4.51. The van der Waals surface area contributed by atoms with Crippen LogP contribution < -0.4 is 4.74 Å². The predicted molar refractivity (Wildman–Crippen MR) is 118 cm³/mol. The number of hydrogen-bond acceptors (Lipinski definition) is 7. The summed E-state index contributed by atoms with van der Waals surface area (Å²) in [4.78, 5) is 40.8. The van der Waals surface area contributed by atoms with E-state index in [1.807, 2.05) is 0 Å². The summed E-state index contributed by atoms with van der Waals surface area (Å²) in [6, 6.07) is 6.76. The van der Waals surface area contributed by atoms with Crippen LogP contribution in [0.15, 0.2) is 42.6 Å². The van der Waals surface area contributed by atoms with E-state index < -0.39 is 18.0 Å². The molecule has 0 radical (unpaired) electrons. The molecule has 2 fully saturated rings. The lowest BCUT2D eigenvalue weighted by molar-refractivity contribution is -0.162. The van der Waals surface area contributed by atoms with E-state index in [0.717, 1.165) is 5.56 Å². The summed E-state index contributed by atoms with van der Waals surface area (Å²) < 4.78 is 16.1. The molecular formula is C24H28N2O7. The van der Waals surface area contributed by atoms with Crippen molar-refractivity contribution in [3.05, 3.63) is 48.2 Å². The monoisotopic (exact) mass is 456 g/mol. The van der Waals surface area contributed by atoms with Gasteiger partial charge in [-0.25, -0.2) is 4.79 Å². The van der Waals surface area contributed by atoms with Crippen molar-refractivity contribution in [3.8, 4) is 5.75 Å². The third-order valence-corrected chi connectivity index (χ3v) is 6.18. The van der Waals surface area contributed by atoms with Gasteiger partial charge in [-0.05, 0) is 36.6 Å². The van der Waals surface area contributed by atoms with Crippen molar-refractivity contribution in [3.63, 3.8) is 0 Å². The van der Waals surface area contributed by atoms with E-state index in [-0.39, 0.29) is 36.8 Å². The molecular weight excluding hydrogens is 428 g/mol. The Bertz CT molecular complexity index is 964. The van der Waals surface area contributed by atoms with Crippen LogP contribution in [-0.2, 0) is 23.9 Å². The quantitative estimate of drug-likeness (QED) is 0.353. The molecule has 0 spiro atoms. The molecule has 3 aliphatic heterocycles. The van der Waals surface area contributed by atoms with Gasteiger partial charge in [0, 0.05) is 13.1 Å². The number of benzene rings is 1. The summed E-state index contributed by atoms with van der Waals surface area (Å²) in [6.07, 6.45) is 1.10. The van der Waals surface area contributed by atoms with Gasteiger partial charge in [0.25, 0.3) is 5.91 Å². The minimum absolute atomic E-state index is 0.0338. The molecule has 0 aliphatic carbocycles. The van der Waals surface area contributed by atoms with E-state index >= 15 is 0 Å². The standard InChI is InChI=1S/C24H28N2O7/c1-3-10-32-24(30)22-18(13-19-21(15(2)27)23(29)26(19)22)16-4-6-17(7-5-16)33-14-20(28)25-8-11-31-12-9-25/h3-7,15,19,21,27H,1,8-14H2,2H3/t15-,19-,21-/m1/s1. The van der Waals surface area contributed by atoms with Gasteiger partial charge in [-0.1, -0.05) is 24.8 Å². The van der Waals surface area contributed by atoms with Crippen LogP contribution in [0.1, 0.15) is 18.9 Å². The number of amides is 2. The highest BCUT2D eigenvalue weighted by atomic mass is 16.5. The Kier molecular flexibility index (Phi) is 6.80. The molecule has 9 nitrogen and oxygen atoms in total. The number of nitrogens with zero attached hydrogens (tertiary/aromatic N) is 2. The normalized spacial score (nSPS) is 23.0. The average molecular weight is 456 g/mol. The van der Waals surface area contributed by atoms with Crippen LogP contribution in [0.25, 0.3) is 5.57 Å². The van der Waals surface area contributed by atoms with Gasteiger partial charge < -0.3 is 29.1 Å². The first-order valence-corrected chi connectivity index (χ1v) is 11.0. The molecule has 2 amide bonds. The van der Waals surface area contributed by atoms with Crippen LogP contribution in [0, 0.1) is 5.92 Å². The van der Waals surface area contributed by atoms with E-state index in [2.05, 4.69) is 6.58 Å². The molecule has 3 aliphatic rings. The number of esters is 1. The third-order valence-electron chi connectivity index (χ3n) is 6.18. The summed E-state index contributed by atoms with van der Waals surface area (Å²) in [5.41, 5.74) is 1.64. The minimum Gasteiger partial charge on any atom is -0.484 e. The summed E-state index contributed by atoms with van der Waals surface area (Å²) >= 11 is 0. The number of carbonyl (C=O) groups excluding carboxylic acids is 3. The van der Waals surface area contributed by atoms with E-state index in [4.69, 9.17) is 14.2 Å². The van der Waals surface area contributed by atoms with Gasteiger partial charge in [0.1, 0.15) is 18.1 Å². The highest BCUT2D eigenvalue weighted by molar-refractivity contribution is 6.06. The molecule has 33 heavy (non-hydrogen) atoms. The number of aliphatic hydroxyl groups excluding tert-OH is 1. The summed E-state index contributed by atoms with van der Waals surface area (Å²) in [5.74, 6) is -0.993. The molecule has 1 N–H and O–H groups in total. The fourth-order valence-corrected chi connectivity index (χ4v) is 4.52. The second-order valence-corrected chi connectivity index (χ2v) is 8.27. The van der Waals surface area contributed by atoms with Gasteiger partial charge in [-0.15, -0.1) is 0 Å². The molecule has 176 valence electrons. The largest absolute Gasteiger partial charge is 0.484 e. The molecule has 9 heteroatoms. The number of β-lactam (4-membered cyclic amide) rings is 1. The van der Waals surface area contributed by atoms with Crippen LogP contribution in [0.5, 0.6) is 5.75 Å². The zero-order chi connectivity index (χ0) is 23.5. The van der Waals surface area contributed by atoms with E-state index in [1.54, 1.807) is 36.1 Å². The Labute approximate surface area is 192 Å². The maximum absolute atomic E-state index is 12.7. The van der Waals surface area contributed by atoms with Crippen LogP contribution >= 0.6 is 0 Å². The summed E-state index contributed by atoms with van der Waals surface area (Å²) in [5, 5.41) is 10.00. The second kappa shape index (κ2) is 9.76. The maximum Gasteiger partial charge on any atom is 0.355 e. The average Bonchev–Trinajstić information content (AvgIpc) is 3.16. The van der Waals surface area contributed by atoms with Crippen molar-refractivity contribution in [1.82, 2.24) is 9.80 Å². The molecule has 4 rings (SSSR count). The number of rotatable bonds is 8. The number of carbonyl (C=O) groups is 3. The fourth-order valence-electron chi connectivity index (χ4n) is 4.52. The zero-order valence-corrected chi connectivity index (χ0v) is 18.6. The van der Waals surface area contributed by atoms with Crippen LogP contribution in [0.2, 0.25) is 0 Å². The lowest BCUT2D eigenvalue weighted by Gasteiger charge is -2.44. The molecule has 1 aromatic rings. The summed E-state index contributed by atoms with van der Waals surface area (Å²) in [7, 11) is 0. The van der Waals surface area contributed by atoms with Crippen molar-refractivity contribution in [2.75, 3.05) is 39.5 Å². The Morgan fingerprint density at radius 3 is 2.61 bits per heavy atom. The molecule has 1 aromatic carbocycles. The molecule has 0 bridgehead atoms. The van der Waals surface area contributed by atoms with Gasteiger partial charge >= 0.3 is 5.97 Å². The molecule has 3 heterocycles. The Balaban J connectivity index is 1.49. The number of ether oxygens (including phenoxy) is 3. The van der Waals surface area contributed by atoms with Crippen LogP contribution in [-0.4, -0.2) is 84.4 Å². The highest BCUT2D eigenvalue weighted by Gasteiger charge is 2.57. The van der Waals surface area contributed by atoms with E-state index in [9.17, 15) is 19.5 Å². The zero-order valence-electron chi connectivity index (χ0n) is 18.6. The smallest absolute Gasteiger partial charge is 0.355 e. The highest BCUT2D eigenvalue weighted by Crippen LogP contribution is 2.47. The summed E-state index contributed by atoms with van der Waals surface area (Å²) in [6.45, 7) is 7.28. The number of aliphatic hydroxyl groups is 1. The second-order valence-electron chi connectivity index (χ2n) is 8.27. The number of morpholine rings is 1. The van der Waals surface area contributed by atoms with Crippen LogP contribution in [0.4, 0.5) is 0 Å². The predicted octanol–water partition coefficient (Wildman–Crippen LogP) is 0.976. The Hall–Kier alpha value is -3.17. The van der Waals surface area contributed by atoms with Crippen molar-refractivity contribution >= 4 is 23.4 Å². The SMILES string of the molecule is C=CCOC(=O)C1=C(c2ccc(OCC(=O)N3CCOCC3)cc2)C[C@@H]2[C@@H]([C@@H](C)O)C(=O)N12. The van der Waals surface area contributed by atoms with Crippen molar-refractivity contribution in [2.24, 2.45) is 5.92 Å². The lowest BCUT2D eigenvalue weighted by Crippen LogP contribution is -2.61. The van der Waals surface area contributed by atoms with Crippen molar-refractivity contribution in [2.45, 2.75) is 25.5 Å². The Morgan fingerprint density at radius 2 is 1.97 bits per heavy atom. The Morgan fingerprint density at radius 1 is 1.27 bits per heavy atom. The molecule has 3 atom stereocenters. The fraction of sp³-hybridized carbons (Fsp3) is 0.458. The van der Waals surface area contributed by atoms with Gasteiger partial charge in [-0.3, -0.25) is 9.59 Å². The van der Waals surface area contributed by atoms with Crippen molar-refractivity contribution < 1.29 is 33.7 Å². The van der Waals surface area contributed by atoms with Gasteiger partial charge in [0.05, 0.1) is 31.3 Å². The molecule has 2 saturated heterocycles. The maximum atomic E-state index is 12.7. The lowest BCUT2D eigenvalue weighted by atomic mass is 9.82. The minimum atomic E-state index is -0.802. The van der Waals surface area contributed by atoms with Gasteiger partial charge in [-0.2, -0.15) is 0 Å². The first-order valence-electron chi connectivity index (χ1n) is 11.0. The first kappa shape index (κ1) is 23.0. The van der Waals surface area contributed by atoms with E-state index in [1.165, 1.54) is 11.0 Å². The van der Waals surface area contributed by atoms with Gasteiger partial charge in [0.15, 0.2) is 6.61 Å².